The lowest BCUT2D eigenvalue weighted by molar-refractivity contribution is 0.104. The Hall–Kier alpha value is -5.11. The molecule has 3 aromatic heterocycles. The van der Waals surface area contributed by atoms with Crippen LogP contribution >= 0.6 is 0 Å². The highest BCUT2D eigenvalue weighted by Gasteiger charge is 2.21. The predicted octanol–water partition coefficient (Wildman–Crippen LogP) is 6.38. The topological polar surface area (TPSA) is 83.9 Å². The maximum absolute atomic E-state index is 13.9. The first-order valence-electron chi connectivity index (χ1n) is 12.8. The Balaban J connectivity index is 1.40. The maximum Gasteiger partial charge on any atom is 0.328 e. The number of ketones is 1. The van der Waals surface area contributed by atoms with E-state index in [1.807, 2.05) is 49.4 Å². The van der Waals surface area contributed by atoms with Crippen molar-refractivity contribution in [1.82, 2.24) is 24.4 Å². The standard InChI is InChI=1S/C32H26FN5O2/c1-19-35-27-13-14-34-28(30(27)36-19)16-20-5-4-6-23(15-20)31(39)26-18-38(32(40)37(2)3)29-17-22(9-12-25(26)29)21-7-10-24(33)11-8-21/h4-15,17-18H,16H2,1-3H3,(H,35,36). The number of aryl methyl sites for hydroxylation is 1. The molecule has 0 aliphatic rings. The first-order valence-corrected chi connectivity index (χ1v) is 12.8. The van der Waals surface area contributed by atoms with Gasteiger partial charge in [-0.2, -0.15) is 0 Å². The van der Waals surface area contributed by atoms with E-state index in [2.05, 4.69) is 15.0 Å². The Morgan fingerprint density at radius 3 is 2.52 bits per heavy atom. The highest BCUT2D eigenvalue weighted by molar-refractivity contribution is 6.18. The lowest BCUT2D eigenvalue weighted by Gasteiger charge is -2.12. The highest BCUT2D eigenvalue weighted by atomic mass is 19.1. The molecule has 7 nitrogen and oxygen atoms in total. The number of rotatable bonds is 5. The molecule has 0 unspecified atom stereocenters. The van der Waals surface area contributed by atoms with E-state index >= 15 is 0 Å². The van der Waals surface area contributed by atoms with Gasteiger partial charge in [0.1, 0.15) is 17.2 Å². The van der Waals surface area contributed by atoms with Crippen LogP contribution in [0.2, 0.25) is 0 Å². The van der Waals surface area contributed by atoms with Crippen molar-refractivity contribution in [3.8, 4) is 11.1 Å². The van der Waals surface area contributed by atoms with E-state index in [4.69, 9.17) is 0 Å². The summed E-state index contributed by atoms with van der Waals surface area (Å²) in [5, 5.41) is 0.662. The van der Waals surface area contributed by atoms with Gasteiger partial charge in [-0.1, -0.05) is 42.5 Å². The minimum atomic E-state index is -0.321. The van der Waals surface area contributed by atoms with Crippen molar-refractivity contribution in [1.29, 1.82) is 0 Å². The Kier molecular flexibility index (Phi) is 6.23. The van der Waals surface area contributed by atoms with Crippen molar-refractivity contribution in [2.24, 2.45) is 0 Å². The third-order valence-electron chi connectivity index (χ3n) is 6.97. The molecule has 6 rings (SSSR count). The number of aromatic amines is 1. The number of nitrogens with one attached hydrogen (secondary N) is 1. The molecule has 0 saturated heterocycles. The summed E-state index contributed by atoms with van der Waals surface area (Å²) in [4.78, 5) is 40.8. The summed E-state index contributed by atoms with van der Waals surface area (Å²) in [6, 6.07) is 20.8. The number of hydrogen-bond acceptors (Lipinski definition) is 4. The molecule has 40 heavy (non-hydrogen) atoms. The quantitative estimate of drug-likeness (QED) is 0.262. The lowest BCUT2D eigenvalue weighted by Crippen LogP contribution is -2.26. The van der Waals surface area contributed by atoms with Crippen LogP contribution in [0.25, 0.3) is 33.1 Å². The fraction of sp³-hybridized carbons (Fsp3) is 0.125. The molecule has 0 fully saturated rings. The molecule has 6 aromatic rings. The largest absolute Gasteiger partial charge is 0.342 e. The van der Waals surface area contributed by atoms with Gasteiger partial charge in [-0.15, -0.1) is 0 Å². The first-order chi connectivity index (χ1) is 19.3. The number of H-pyrrole nitrogens is 1. The number of nitrogens with zero attached hydrogens (tertiary/aromatic N) is 4. The molecule has 1 amide bonds. The zero-order valence-corrected chi connectivity index (χ0v) is 22.3. The van der Waals surface area contributed by atoms with Crippen LogP contribution < -0.4 is 0 Å². The number of benzene rings is 3. The van der Waals surface area contributed by atoms with E-state index in [0.29, 0.717) is 28.5 Å². The van der Waals surface area contributed by atoms with Gasteiger partial charge in [-0.05, 0) is 53.9 Å². The van der Waals surface area contributed by atoms with Crippen LogP contribution in [0, 0.1) is 12.7 Å². The molecule has 3 heterocycles. The van der Waals surface area contributed by atoms with Crippen LogP contribution in [0.1, 0.15) is 33.0 Å². The number of fused-ring (bicyclic) bond motifs is 2. The second kappa shape index (κ2) is 9.89. The monoisotopic (exact) mass is 531 g/mol. The van der Waals surface area contributed by atoms with E-state index in [1.165, 1.54) is 21.6 Å². The summed E-state index contributed by atoms with van der Waals surface area (Å²) in [5.41, 5.74) is 6.67. The number of hydrogen-bond donors (Lipinski definition) is 1. The van der Waals surface area contributed by atoms with Gasteiger partial charge >= 0.3 is 6.03 Å². The number of carbonyl (C=O) groups is 2. The summed E-state index contributed by atoms with van der Waals surface area (Å²) in [6.07, 6.45) is 3.87. The molecule has 0 aliphatic heterocycles. The molecule has 0 aliphatic carbocycles. The van der Waals surface area contributed by atoms with Gasteiger partial charge in [0.15, 0.2) is 5.78 Å². The molecule has 0 bridgehead atoms. The Labute approximate surface area is 229 Å². The van der Waals surface area contributed by atoms with Crippen LogP contribution in [0.4, 0.5) is 9.18 Å². The second-order valence-corrected chi connectivity index (χ2v) is 10.0. The predicted molar refractivity (Wildman–Crippen MR) is 153 cm³/mol. The Morgan fingerprint density at radius 2 is 1.75 bits per heavy atom. The van der Waals surface area contributed by atoms with E-state index in [0.717, 1.165) is 39.2 Å². The fourth-order valence-corrected chi connectivity index (χ4v) is 5.02. The van der Waals surface area contributed by atoms with Crippen molar-refractivity contribution in [2.45, 2.75) is 13.3 Å². The third-order valence-corrected chi connectivity index (χ3v) is 6.97. The maximum atomic E-state index is 13.9. The number of amides is 1. The molecule has 0 radical (unpaired) electrons. The molecular formula is C32H26FN5O2. The van der Waals surface area contributed by atoms with Crippen LogP contribution in [0.5, 0.6) is 0 Å². The molecular weight excluding hydrogens is 505 g/mol. The zero-order valence-electron chi connectivity index (χ0n) is 22.3. The van der Waals surface area contributed by atoms with Gasteiger partial charge in [-0.25, -0.2) is 14.2 Å². The van der Waals surface area contributed by atoms with Gasteiger partial charge < -0.3 is 9.88 Å². The van der Waals surface area contributed by atoms with Crippen molar-refractivity contribution in [3.05, 3.63) is 119 Å². The van der Waals surface area contributed by atoms with Crippen molar-refractivity contribution in [2.75, 3.05) is 14.1 Å². The summed E-state index contributed by atoms with van der Waals surface area (Å²) < 4.78 is 15.0. The van der Waals surface area contributed by atoms with E-state index in [1.54, 1.807) is 44.7 Å². The summed E-state index contributed by atoms with van der Waals surface area (Å²) in [5.74, 6) is 0.311. The van der Waals surface area contributed by atoms with Gasteiger partial charge in [-0.3, -0.25) is 14.3 Å². The molecule has 1 N–H and O–H groups in total. The molecule has 0 atom stereocenters. The Morgan fingerprint density at radius 1 is 0.975 bits per heavy atom. The van der Waals surface area contributed by atoms with Gasteiger partial charge in [0.25, 0.3) is 0 Å². The van der Waals surface area contributed by atoms with Crippen LogP contribution in [-0.4, -0.2) is 50.3 Å². The van der Waals surface area contributed by atoms with Crippen LogP contribution in [0.15, 0.2) is 85.2 Å². The molecule has 3 aromatic carbocycles. The minimum Gasteiger partial charge on any atom is -0.342 e. The molecule has 198 valence electrons. The SMILES string of the molecule is Cc1nc2c(Cc3cccc(C(=O)c4cn(C(=O)N(C)C)c5cc(-c6ccc(F)cc6)ccc45)c3)nccc2[nH]1. The lowest BCUT2D eigenvalue weighted by atomic mass is 9.98. The zero-order chi connectivity index (χ0) is 28.0. The average Bonchev–Trinajstić information content (AvgIpc) is 3.53. The summed E-state index contributed by atoms with van der Waals surface area (Å²) in [7, 11) is 3.33. The molecule has 8 heteroatoms. The molecule has 0 spiro atoms. The van der Waals surface area contributed by atoms with Crippen molar-refractivity contribution < 1.29 is 14.0 Å². The van der Waals surface area contributed by atoms with Gasteiger partial charge in [0.05, 0.1) is 16.7 Å². The number of carbonyl (C=O) groups excluding carboxylic acids is 2. The van der Waals surface area contributed by atoms with E-state index < -0.39 is 0 Å². The Bertz CT molecular complexity index is 1920. The average molecular weight is 532 g/mol. The highest BCUT2D eigenvalue weighted by Crippen LogP contribution is 2.30. The number of halogens is 1. The molecule has 0 saturated carbocycles. The minimum absolute atomic E-state index is 0.187. The summed E-state index contributed by atoms with van der Waals surface area (Å²) >= 11 is 0. The van der Waals surface area contributed by atoms with E-state index in [-0.39, 0.29) is 17.6 Å². The van der Waals surface area contributed by atoms with Gasteiger partial charge in [0, 0.05) is 49.4 Å². The van der Waals surface area contributed by atoms with Gasteiger partial charge in [0.2, 0.25) is 0 Å². The smallest absolute Gasteiger partial charge is 0.328 e. The van der Waals surface area contributed by atoms with Crippen molar-refractivity contribution >= 4 is 33.8 Å². The third kappa shape index (κ3) is 4.53. The number of imidazole rings is 1. The van der Waals surface area contributed by atoms with Crippen molar-refractivity contribution in [3.63, 3.8) is 0 Å². The second-order valence-electron chi connectivity index (χ2n) is 10.0. The normalized spacial score (nSPS) is 11.3. The van der Waals surface area contributed by atoms with Crippen LogP contribution in [0.3, 0.4) is 0 Å². The van der Waals surface area contributed by atoms with E-state index in [9.17, 15) is 14.0 Å². The number of aromatic nitrogens is 4. The first kappa shape index (κ1) is 25.2. The fourth-order valence-electron chi connectivity index (χ4n) is 5.02. The number of pyridine rings is 1. The summed E-state index contributed by atoms with van der Waals surface area (Å²) in [6.45, 7) is 1.91. The van der Waals surface area contributed by atoms with Crippen LogP contribution in [-0.2, 0) is 6.42 Å².